The predicted octanol–water partition coefficient (Wildman–Crippen LogP) is 2.04. The maximum absolute atomic E-state index is 13.1. The summed E-state index contributed by atoms with van der Waals surface area (Å²) in [6, 6.07) is 13.4. The van der Waals surface area contributed by atoms with Crippen LogP contribution < -0.4 is 15.0 Å². The first-order valence-electron chi connectivity index (χ1n) is 10.3. The number of carbonyl (C=O) groups excluding carboxylic acids is 1. The van der Waals surface area contributed by atoms with Gasteiger partial charge in [-0.25, -0.2) is 12.8 Å². The molecule has 31 heavy (non-hydrogen) atoms. The molecule has 168 valence electrons. The van der Waals surface area contributed by atoms with Crippen LogP contribution in [-0.4, -0.2) is 63.7 Å². The van der Waals surface area contributed by atoms with Gasteiger partial charge in [-0.1, -0.05) is 12.1 Å². The Morgan fingerprint density at radius 3 is 2.29 bits per heavy atom. The first-order valence-corrected chi connectivity index (χ1v) is 11.9. The number of hydrogen-bond donors (Lipinski definition) is 1. The zero-order valence-electron chi connectivity index (χ0n) is 17.6. The van der Waals surface area contributed by atoms with Gasteiger partial charge in [-0.05, 0) is 48.9 Å². The molecule has 0 spiro atoms. The number of sulfonamides is 1. The molecule has 2 aromatic carbocycles. The van der Waals surface area contributed by atoms with E-state index in [1.54, 1.807) is 12.1 Å². The second-order valence-corrected chi connectivity index (χ2v) is 9.37. The number of hydrogen-bond acceptors (Lipinski definition) is 5. The summed E-state index contributed by atoms with van der Waals surface area (Å²) in [5.41, 5.74) is 1.71. The molecule has 0 aliphatic carbocycles. The zero-order valence-corrected chi connectivity index (χ0v) is 18.4. The summed E-state index contributed by atoms with van der Waals surface area (Å²) >= 11 is 0. The topological polar surface area (TPSA) is 78.9 Å². The van der Waals surface area contributed by atoms with Crippen LogP contribution >= 0.6 is 0 Å². The van der Waals surface area contributed by atoms with Gasteiger partial charge in [-0.2, -0.15) is 4.31 Å². The highest BCUT2D eigenvalue weighted by Gasteiger charge is 2.26. The summed E-state index contributed by atoms with van der Waals surface area (Å²) in [5, 5.41) is 2.68. The average Bonchev–Trinajstić information content (AvgIpc) is 2.76. The lowest BCUT2D eigenvalue weighted by atomic mass is 10.1. The maximum Gasteiger partial charge on any atom is 0.224 e. The molecule has 1 N–H and O–H groups in total. The van der Waals surface area contributed by atoms with E-state index in [4.69, 9.17) is 4.74 Å². The molecular formula is C22H28FN3O4S. The molecule has 0 atom stereocenters. The summed E-state index contributed by atoms with van der Waals surface area (Å²) in [6.07, 6.45) is 0.183. The molecule has 1 aliphatic rings. The third-order valence-electron chi connectivity index (χ3n) is 5.11. The molecule has 0 unspecified atom stereocenters. The van der Waals surface area contributed by atoms with E-state index >= 15 is 0 Å². The minimum atomic E-state index is -3.46. The van der Waals surface area contributed by atoms with Gasteiger partial charge in [0.15, 0.2) is 0 Å². The van der Waals surface area contributed by atoms with Gasteiger partial charge in [0.2, 0.25) is 15.9 Å². The summed E-state index contributed by atoms with van der Waals surface area (Å²) in [7, 11) is -3.46. The van der Waals surface area contributed by atoms with Crippen molar-refractivity contribution < 1.29 is 22.3 Å². The largest absolute Gasteiger partial charge is 0.494 e. The van der Waals surface area contributed by atoms with Crippen LogP contribution in [0.1, 0.15) is 12.5 Å². The lowest BCUT2D eigenvalue weighted by Gasteiger charge is -2.35. The molecule has 0 bridgehead atoms. The Bertz CT molecular complexity index is 957. The van der Waals surface area contributed by atoms with Crippen LogP contribution in [0, 0.1) is 5.82 Å². The molecule has 0 aromatic heterocycles. The summed E-state index contributed by atoms with van der Waals surface area (Å²) in [4.78, 5) is 14.2. The zero-order chi connectivity index (χ0) is 22.3. The number of nitrogens with zero attached hydrogens (tertiary/aromatic N) is 2. The van der Waals surface area contributed by atoms with Crippen LogP contribution in [0.4, 0.5) is 10.1 Å². The van der Waals surface area contributed by atoms with E-state index in [-0.39, 0.29) is 30.4 Å². The first kappa shape index (κ1) is 23.0. The minimum absolute atomic E-state index is 0.0658. The molecule has 1 amide bonds. The van der Waals surface area contributed by atoms with E-state index in [0.717, 1.165) is 17.0 Å². The van der Waals surface area contributed by atoms with E-state index in [1.807, 2.05) is 36.1 Å². The number of rotatable bonds is 9. The number of piperazine rings is 1. The lowest BCUT2D eigenvalue weighted by molar-refractivity contribution is -0.120. The van der Waals surface area contributed by atoms with Crippen LogP contribution in [-0.2, 0) is 21.2 Å². The molecule has 7 nitrogen and oxygen atoms in total. The van der Waals surface area contributed by atoms with Gasteiger partial charge in [-0.3, -0.25) is 4.79 Å². The molecule has 9 heteroatoms. The molecule has 1 fully saturated rings. The van der Waals surface area contributed by atoms with Gasteiger partial charge >= 0.3 is 0 Å². The Hall–Kier alpha value is -2.65. The first-order chi connectivity index (χ1) is 14.9. The van der Waals surface area contributed by atoms with Crippen LogP contribution in [0.3, 0.4) is 0 Å². The Morgan fingerprint density at radius 2 is 1.68 bits per heavy atom. The van der Waals surface area contributed by atoms with Gasteiger partial charge in [0.05, 0.1) is 18.8 Å². The molecule has 1 heterocycles. The quantitative estimate of drug-likeness (QED) is 0.634. The number of benzene rings is 2. The van der Waals surface area contributed by atoms with E-state index in [0.29, 0.717) is 32.8 Å². The Labute approximate surface area is 182 Å². The predicted molar refractivity (Wildman–Crippen MR) is 118 cm³/mol. The smallest absolute Gasteiger partial charge is 0.224 e. The van der Waals surface area contributed by atoms with Crippen LogP contribution in [0.15, 0.2) is 48.5 Å². The third kappa shape index (κ3) is 6.67. The summed E-state index contributed by atoms with van der Waals surface area (Å²) in [6.45, 7) is 4.34. The standard InChI is InChI=1S/C22H28FN3O4S/c1-2-30-21-9-3-18(4-10-21)17-22(27)24-11-16-31(28,29)26-14-12-25(13-15-26)20-7-5-19(23)6-8-20/h3-10H,2,11-17H2,1H3,(H,24,27). The second kappa shape index (κ2) is 10.6. The Balaban J connectivity index is 1.41. The monoisotopic (exact) mass is 449 g/mol. The van der Waals surface area contributed by atoms with Gasteiger partial charge in [0.1, 0.15) is 11.6 Å². The molecule has 1 saturated heterocycles. The van der Waals surface area contributed by atoms with Crippen molar-refractivity contribution >= 4 is 21.6 Å². The number of ether oxygens (including phenoxy) is 1. The van der Waals surface area contributed by atoms with Crippen molar-refractivity contribution in [1.29, 1.82) is 0 Å². The molecule has 3 rings (SSSR count). The normalized spacial score (nSPS) is 15.0. The van der Waals surface area contributed by atoms with Crippen LogP contribution in [0.5, 0.6) is 5.75 Å². The van der Waals surface area contributed by atoms with E-state index in [9.17, 15) is 17.6 Å². The fourth-order valence-electron chi connectivity index (χ4n) is 3.44. The van der Waals surface area contributed by atoms with Gasteiger partial charge < -0.3 is 15.0 Å². The van der Waals surface area contributed by atoms with Crippen molar-refractivity contribution in [2.45, 2.75) is 13.3 Å². The fraction of sp³-hybridized carbons (Fsp3) is 0.409. The third-order valence-corrected chi connectivity index (χ3v) is 6.98. The molecule has 0 saturated carbocycles. The number of halogens is 1. The second-order valence-electron chi connectivity index (χ2n) is 7.28. The number of carbonyl (C=O) groups is 1. The van der Waals surface area contributed by atoms with Crippen molar-refractivity contribution in [1.82, 2.24) is 9.62 Å². The van der Waals surface area contributed by atoms with Crippen molar-refractivity contribution in [3.8, 4) is 5.75 Å². The van der Waals surface area contributed by atoms with E-state index in [1.165, 1.54) is 16.4 Å². The summed E-state index contributed by atoms with van der Waals surface area (Å²) < 4.78 is 45.1. The lowest BCUT2D eigenvalue weighted by Crippen LogP contribution is -2.50. The van der Waals surface area contributed by atoms with Crippen molar-refractivity contribution in [3.05, 3.63) is 59.9 Å². The number of anilines is 1. The van der Waals surface area contributed by atoms with Crippen molar-refractivity contribution in [2.75, 3.05) is 50.0 Å². The van der Waals surface area contributed by atoms with Gasteiger partial charge in [0, 0.05) is 38.4 Å². The minimum Gasteiger partial charge on any atom is -0.494 e. The van der Waals surface area contributed by atoms with Crippen LogP contribution in [0.25, 0.3) is 0 Å². The Morgan fingerprint density at radius 1 is 1.03 bits per heavy atom. The van der Waals surface area contributed by atoms with E-state index < -0.39 is 10.0 Å². The van der Waals surface area contributed by atoms with Crippen LogP contribution in [0.2, 0.25) is 0 Å². The number of nitrogens with one attached hydrogen (secondary N) is 1. The molecule has 0 radical (unpaired) electrons. The molecular weight excluding hydrogens is 421 g/mol. The maximum atomic E-state index is 13.1. The summed E-state index contributed by atoms with van der Waals surface area (Å²) in [5.74, 6) is 0.0887. The number of amides is 1. The average molecular weight is 450 g/mol. The van der Waals surface area contributed by atoms with Gasteiger partial charge in [0.25, 0.3) is 0 Å². The Kier molecular flexibility index (Phi) is 7.86. The SMILES string of the molecule is CCOc1ccc(CC(=O)NCCS(=O)(=O)N2CCN(c3ccc(F)cc3)CC2)cc1. The fourth-order valence-corrected chi connectivity index (χ4v) is 4.78. The van der Waals surface area contributed by atoms with Gasteiger partial charge in [-0.15, -0.1) is 0 Å². The van der Waals surface area contributed by atoms with E-state index in [2.05, 4.69) is 5.32 Å². The molecule has 1 aliphatic heterocycles. The van der Waals surface area contributed by atoms with Crippen molar-refractivity contribution in [3.63, 3.8) is 0 Å². The van der Waals surface area contributed by atoms with Crippen molar-refractivity contribution in [2.24, 2.45) is 0 Å². The molecule has 2 aromatic rings. The highest BCUT2D eigenvalue weighted by molar-refractivity contribution is 7.89. The highest BCUT2D eigenvalue weighted by Crippen LogP contribution is 2.18. The highest BCUT2D eigenvalue weighted by atomic mass is 32.2.